The Morgan fingerprint density at radius 1 is 1.04 bits per heavy atom. The standard InChI is InChI=1S/C17H14ClF3N2O3/c1-26-15(24)8-10-2-4-11(5-3-10)22-16(25)23-12-6-7-14(18)13(9-12)17(19,20)21/h2-7,9H,8H2,1H3,(H2,22,23,25). The summed E-state index contributed by atoms with van der Waals surface area (Å²) in [5.41, 5.74) is 0.00196. The number of amides is 2. The van der Waals surface area contributed by atoms with E-state index in [0.717, 1.165) is 12.1 Å². The van der Waals surface area contributed by atoms with Crippen molar-refractivity contribution < 1.29 is 27.5 Å². The largest absolute Gasteiger partial charge is 0.469 e. The van der Waals surface area contributed by atoms with Gasteiger partial charge in [-0.05, 0) is 35.9 Å². The molecule has 0 aliphatic rings. The third kappa shape index (κ3) is 5.38. The first-order chi connectivity index (χ1) is 12.2. The number of esters is 1. The van der Waals surface area contributed by atoms with Crippen LogP contribution in [0.1, 0.15) is 11.1 Å². The first-order valence-corrected chi connectivity index (χ1v) is 7.67. The SMILES string of the molecule is COC(=O)Cc1ccc(NC(=O)Nc2ccc(Cl)c(C(F)(F)F)c2)cc1. The first-order valence-electron chi connectivity index (χ1n) is 7.29. The molecule has 0 heterocycles. The van der Waals surface area contributed by atoms with Crippen molar-refractivity contribution in [2.24, 2.45) is 0 Å². The number of methoxy groups -OCH3 is 1. The molecule has 0 bridgehead atoms. The number of hydrogen-bond donors (Lipinski definition) is 2. The zero-order valence-corrected chi connectivity index (χ0v) is 14.2. The van der Waals surface area contributed by atoms with Crippen molar-refractivity contribution in [3.05, 3.63) is 58.6 Å². The van der Waals surface area contributed by atoms with Gasteiger partial charge in [0.1, 0.15) is 0 Å². The van der Waals surface area contributed by atoms with Crippen LogP contribution >= 0.6 is 11.6 Å². The highest BCUT2D eigenvalue weighted by molar-refractivity contribution is 6.31. The van der Waals surface area contributed by atoms with Crippen LogP contribution < -0.4 is 10.6 Å². The molecule has 2 rings (SSSR count). The maximum absolute atomic E-state index is 12.8. The van der Waals surface area contributed by atoms with E-state index in [9.17, 15) is 22.8 Å². The molecule has 5 nitrogen and oxygen atoms in total. The molecule has 2 aromatic rings. The van der Waals surface area contributed by atoms with Gasteiger partial charge in [-0.15, -0.1) is 0 Å². The molecule has 0 radical (unpaired) electrons. The number of halogens is 4. The molecule has 0 aliphatic heterocycles. The highest BCUT2D eigenvalue weighted by atomic mass is 35.5. The number of carbonyl (C=O) groups excluding carboxylic acids is 2. The Balaban J connectivity index is 2.02. The number of urea groups is 1. The quantitative estimate of drug-likeness (QED) is 0.747. The number of anilines is 2. The Labute approximate surface area is 152 Å². The molecular weight excluding hydrogens is 373 g/mol. The number of nitrogens with one attached hydrogen (secondary N) is 2. The van der Waals surface area contributed by atoms with Crippen molar-refractivity contribution in [1.82, 2.24) is 0 Å². The van der Waals surface area contributed by atoms with Crippen LogP contribution in [0.25, 0.3) is 0 Å². The lowest BCUT2D eigenvalue weighted by molar-refractivity contribution is -0.140. The lowest BCUT2D eigenvalue weighted by Gasteiger charge is -2.12. The molecule has 0 aliphatic carbocycles. The van der Waals surface area contributed by atoms with Gasteiger partial charge >= 0.3 is 18.2 Å². The Morgan fingerprint density at radius 3 is 2.19 bits per heavy atom. The van der Waals surface area contributed by atoms with E-state index < -0.39 is 28.8 Å². The minimum Gasteiger partial charge on any atom is -0.469 e. The Morgan fingerprint density at radius 2 is 1.62 bits per heavy atom. The molecule has 2 amide bonds. The number of hydrogen-bond acceptors (Lipinski definition) is 3. The highest BCUT2D eigenvalue weighted by Crippen LogP contribution is 2.36. The highest BCUT2D eigenvalue weighted by Gasteiger charge is 2.33. The van der Waals surface area contributed by atoms with Gasteiger partial charge in [-0.3, -0.25) is 4.79 Å². The summed E-state index contributed by atoms with van der Waals surface area (Å²) in [5, 5.41) is 4.33. The fraction of sp³-hybridized carbons (Fsp3) is 0.176. The van der Waals surface area contributed by atoms with E-state index in [1.165, 1.54) is 13.2 Å². The summed E-state index contributed by atoms with van der Waals surface area (Å²) >= 11 is 5.53. The Hall–Kier alpha value is -2.74. The third-order valence-corrected chi connectivity index (χ3v) is 3.65. The van der Waals surface area contributed by atoms with Gasteiger partial charge < -0.3 is 15.4 Å². The van der Waals surface area contributed by atoms with Gasteiger partial charge in [0.05, 0.1) is 24.1 Å². The second-order valence-corrected chi connectivity index (χ2v) is 5.63. The summed E-state index contributed by atoms with van der Waals surface area (Å²) in [6.45, 7) is 0. The second-order valence-electron chi connectivity index (χ2n) is 5.22. The summed E-state index contributed by atoms with van der Waals surface area (Å²) in [4.78, 5) is 23.1. The number of ether oxygens (including phenoxy) is 1. The number of benzene rings is 2. The summed E-state index contributed by atoms with van der Waals surface area (Å²) in [7, 11) is 1.28. The minimum absolute atomic E-state index is 0.0541. The van der Waals surface area contributed by atoms with E-state index in [1.807, 2.05) is 0 Å². The van der Waals surface area contributed by atoms with Crippen molar-refractivity contribution in [2.45, 2.75) is 12.6 Å². The van der Waals surface area contributed by atoms with Crippen LogP contribution in [0, 0.1) is 0 Å². The molecular formula is C17H14ClF3N2O3. The Bertz CT molecular complexity index is 808. The fourth-order valence-corrected chi connectivity index (χ4v) is 2.28. The molecule has 0 spiro atoms. The van der Waals surface area contributed by atoms with Gasteiger partial charge in [0, 0.05) is 11.4 Å². The molecule has 0 aromatic heterocycles. The maximum atomic E-state index is 12.8. The minimum atomic E-state index is -4.62. The summed E-state index contributed by atoms with van der Waals surface area (Å²) in [5.74, 6) is -0.397. The van der Waals surface area contributed by atoms with E-state index >= 15 is 0 Å². The summed E-state index contributed by atoms with van der Waals surface area (Å²) in [6, 6.07) is 8.70. The van der Waals surface area contributed by atoms with E-state index in [-0.39, 0.29) is 12.1 Å². The predicted octanol–water partition coefficient (Wildman–Crippen LogP) is 4.72. The molecule has 2 N–H and O–H groups in total. The molecule has 138 valence electrons. The van der Waals surface area contributed by atoms with Crippen LogP contribution in [0.2, 0.25) is 5.02 Å². The number of rotatable bonds is 4. The molecule has 0 atom stereocenters. The monoisotopic (exact) mass is 386 g/mol. The average molecular weight is 387 g/mol. The van der Waals surface area contributed by atoms with Crippen molar-refractivity contribution in [2.75, 3.05) is 17.7 Å². The zero-order valence-electron chi connectivity index (χ0n) is 13.5. The lowest BCUT2D eigenvalue weighted by atomic mass is 10.1. The smallest absolute Gasteiger partial charge is 0.417 e. The molecule has 0 saturated carbocycles. The lowest BCUT2D eigenvalue weighted by Crippen LogP contribution is -2.20. The molecule has 2 aromatic carbocycles. The summed E-state index contributed by atoms with van der Waals surface area (Å²) in [6.07, 6.45) is -4.53. The van der Waals surface area contributed by atoms with Crippen molar-refractivity contribution in [1.29, 1.82) is 0 Å². The molecule has 26 heavy (non-hydrogen) atoms. The van der Waals surface area contributed by atoms with E-state index in [1.54, 1.807) is 24.3 Å². The van der Waals surface area contributed by atoms with Gasteiger partial charge in [-0.25, -0.2) is 4.79 Å². The summed E-state index contributed by atoms with van der Waals surface area (Å²) < 4.78 is 43.0. The van der Waals surface area contributed by atoms with Crippen LogP contribution in [0.3, 0.4) is 0 Å². The Kier molecular flexibility index (Phi) is 6.10. The molecule has 9 heteroatoms. The van der Waals surface area contributed by atoms with E-state index in [4.69, 9.17) is 11.6 Å². The van der Waals surface area contributed by atoms with Gasteiger partial charge in [-0.2, -0.15) is 13.2 Å². The van der Waals surface area contributed by atoms with Crippen LogP contribution in [0.5, 0.6) is 0 Å². The molecule has 0 saturated heterocycles. The van der Waals surface area contributed by atoms with E-state index in [0.29, 0.717) is 11.3 Å². The third-order valence-electron chi connectivity index (χ3n) is 3.32. The van der Waals surface area contributed by atoms with Crippen molar-refractivity contribution >= 4 is 35.0 Å². The van der Waals surface area contributed by atoms with Crippen molar-refractivity contribution in [3.63, 3.8) is 0 Å². The van der Waals surface area contributed by atoms with Crippen LogP contribution in [0.15, 0.2) is 42.5 Å². The van der Waals surface area contributed by atoms with Gasteiger partial charge in [0.25, 0.3) is 0 Å². The van der Waals surface area contributed by atoms with Gasteiger partial charge in [-0.1, -0.05) is 23.7 Å². The zero-order chi connectivity index (χ0) is 19.3. The average Bonchev–Trinajstić information content (AvgIpc) is 2.57. The normalized spacial score (nSPS) is 11.0. The van der Waals surface area contributed by atoms with Crippen LogP contribution in [0.4, 0.5) is 29.3 Å². The fourth-order valence-electron chi connectivity index (χ4n) is 2.06. The van der Waals surface area contributed by atoms with Crippen molar-refractivity contribution in [3.8, 4) is 0 Å². The van der Waals surface area contributed by atoms with E-state index in [2.05, 4.69) is 15.4 Å². The number of carbonyl (C=O) groups is 2. The van der Waals surface area contributed by atoms with Crippen LogP contribution in [-0.2, 0) is 22.1 Å². The predicted molar refractivity (Wildman–Crippen MR) is 91.3 cm³/mol. The van der Waals surface area contributed by atoms with Gasteiger partial charge in [0.2, 0.25) is 0 Å². The molecule has 0 unspecified atom stereocenters. The maximum Gasteiger partial charge on any atom is 0.417 e. The second kappa shape index (κ2) is 8.09. The topological polar surface area (TPSA) is 67.4 Å². The molecule has 0 fully saturated rings. The van der Waals surface area contributed by atoms with Gasteiger partial charge in [0.15, 0.2) is 0 Å². The first kappa shape index (κ1) is 19.6. The van der Waals surface area contributed by atoms with Crippen LogP contribution in [-0.4, -0.2) is 19.1 Å². The number of alkyl halides is 3.